The van der Waals surface area contributed by atoms with E-state index in [4.69, 9.17) is 0 Å². The molecular formula is C10H12ClN4OS2-. The zero-order valence-electron chi connectivity index (χ0n) is 9.86. The van der Waals surface area contributed by atoms with E-state index in [9.17, 15) is 4.79 Å². The van der Waals surface area contributed by atoms with Gasteiger partial charge in [-0.1, -0.05) is 11.8 Å². The van der Waals surface area contributed by atoms with E-state index < -0.39 is 0 Å². The summed E-state index contributed by atoms with van der Waals surface area (Å²) in [6.45, 7) is 0. The van der Waals surface area contributed by atoms with Crippen LogP contribution in [0.5, 0.6) is 0 Å². The number of aliphatic imine (C=N–C) groups is 1. The number of thiophene rings is 1. The van der Waals surface area contributed by atoms with Crippen molar-refractivity contribution in [3.8, 4) is 0 Å². The third-order valence-electron chi connectivity index (χ3n) is 2.13. The molecule has 0 aliphatic heterocycles. The second-order valence-electron chi connectivity index (χ2n) is 3.22. The third kappa shape index (κ3) is 3.24. The monoisotopic (exact) mass is 303 g/mol. The molecule has 18 heavy (non-hydrogen) atoms. The number of hydrogen-bond acceptors (Lipinski definition) is 5. The van der Waals surface area contributed by atoms with Gasteiger partial charge in [0.1, 0.15) is 10.5 Å². The van der Waals surface area contributed by atoms with Gasteiger partial charge >= 0.3 is 0 Å². The van der Waals surface area contributed by atoms with Gasteiger partial charge in [-0.25, -0.2) is 4.98 Å². The number of aromatic amines is 1. The van der Waals surface area contributed by atoms with Gasteiger partial charge in [0.15, 0.2) is 5.17 Å². The molecule has 0 spiro atoms. The second kappa shape index (κ2) is 6.77. The molecule has 2 aromatic heterocycles. The van der Waals surface area contributed by atoms with Gasteiger partial charge in [-0.2, -0.15) is 0 Å². The highest BCUT2D eigenvalue weighted by Crippen LogP contribution is 2.15. The van der Waals surface area contributed by atoms with Gasteiger partial charge in [-0.05, 0) is 11.4 Å². The van der Waals surface area contributed by atoms with E-state index in [1.165, 1.54) is 23.1 Å². The Morgan fingerprint density at radius 1 is 1.67 bits per heavy atom. The molecule has 0 aromatic carbocycles. The lowest BCUT2D eigenvalue weighted by molar-refractivity contribution is -0.00000366. The summed E-state index contributed by atoms with van der Waals surface area (Å²) >= 11 is 2.91. The fourth-order valence-electron chi connectivity index (χ4n) is 1.38. The Labute approximate surface area is 119 Å². The van der Waals surface area contributed by atoms with Crippen molar-refractivity contribution in [2.45, 2.75) is 5.75 Å². The summed E-state index contributed by atoms with van der Waals surface area (Å²) in [5, 5.41) is 5.65. The summed E-state index contributed by atoms with van der Waals surface area (Å²) in [4.78, 5) is 22.9. The first-order chi connectivity index (χ1) is 8.24. The molecule has 2 rings (SSSR count). The number of nitrogens with one attached hydrogen (secondary N) is 2. The van der Waals surface area contributed by atoms with Crippen molar-refractivity contribution in [1.82, 2.24) is 15.3 Å². The minimum atomic E-state index is -0.0694. The van der Waals surface area contributed by atoms with Crippen LogP contribution in [-0.2, 0) is 5.75 Å². The number of H-pyrrole nitrogens is 1. The molecule has 0 unspecified atom stereocenters. The molecule has 0 atom stereocenters. The maximum Gasteiger partial charge on any atom is 0.268 e. The quantitative estimate of drug-likeness (QED) is 0.519. The lowest BCUT2D eigenvalue weighted by atomic mass is 10.4. The molecule has 0 fully saturated rings. The Balaban J connectivity index is 0.00000162. The number of amidine groups is 1. The molecule has 0 aliphatic carbocycles. The van der Waals surface area contributed by atoms with Gasteiger partial charge in [-0.3, -0.25) is 9.79 Å². The number of fused-ring (bicyclic) bond motifs is 1. The topological polar surface area (TPSA) is 70.1 Å². The minimum Gasteiger partial charge on any atom is -1.00 e. The van der Waals surface area contributed by atoms with Crippen LogP contribution in [0.2, 0.25) is 0 Å². The van der Waals surface area contributed by atoms with E-state index in [2.05, 4.69) is 20.3 Å². The molecule has 2 aromatic rings. The summed E-state index contributed by atoms with van der Waals surface area (Å²) in [5.74, 6) is 1.26. The molecule has 0 saturated carbocycles. The van der Waals surface area contributed by atoms with Gasteiger partial charge < -0.3 is 22.7 Å². The molecule has 8 heteroatoms. The zero-order valence-corrected chi connectivity index (χ0v) is 12.2. The molecule has 2 N–H and O–H groups in total. The van der Waals surface area contributed by atoms with Crippen molar-refractivity contribution in [3.63, 3.8) is 0 Å². The average molecular weight is 304 g/mol. The Kier molecular flexibility index (Phi) is 5.64. The summed E-state index contributed by atoms with van der Waals surface area (Å²) in [6.07, 6.45) is 0. The number of aromatic nitrogens is 2. The lowest BCUT2D eigenvalue weighted by Gasteiger charge is -2.03. The van der Waals surface area contributed by atoms with Crippen molar-refractivity contribution >= 4 is 38.5 Å². The van der Waals surface area contributed by atoms with Crippen LogP contribution in [0.15, 0.2) is 21.2 Å². The highest BCUT2D eigenvalue weighted by atomic mass is 35.5. The Morgan fingerprint density at radius 2 is 2.44 bits per heavy atom. The number of hydrogen-bond donors (Lipinski definition) is 2. The van der Waals surface area contributed by atoms with E-state index in [-0.39, 0.29) is 18.0 Å². The van der Waals surface area contributed by atoms with Crippen LogP contribution < -0.4 is 23.3 Å². The van der Waals surface area contributed by atoms with E-state index in [0.29, 0.717) is 16.3 Å². The van der Waals surface area contributed by atoms with Crippen LogP contribution in [-0.4, -0.2) is 29.2 Å². The van der Waals surface area contributed by atoms with Gasteiger partial charge in [-0.15, -0.1) is 11.3 Å². The predicted octanol–water partition coefficient (Wildman–Crippen LogP) is -1.57. The summed E-state index contributed by atoms with van der Waals surface area (Å²) < 4.78 is 0.678. The van der Waals surface area contributed by atoms with Crippen LogP contribution in [0.4, 0.5) is 0 Å². The highest BCUT2D eigenvalue weighted by Gasteiger charge is 2.06. The van der Waals surface area contributed by atoms with Crippen molar-refractivity contribution in [3.05, 3.63) is 27.6 Å². The van der Waals surface area contributed by atoms with E-state index in [1.807, 2.05) is 18.5 Å². The molecule has 5 nitrogen and oxygen atoms in total. The van der Waals surface area contributed by atoms with Gasteiger partial charge in [0.2, 0.25) is 0 Å². The number of rotatable bonds is 2. The predicted molar refractivity (Wildman–Crippen MR) is 74.0 cm³/mol. The largest absolute Gasteiger partial charge is 1.00 e. The molecule has 0 aliphatic rings. The standard InChI is InChI=1S/C10H12N4OS2.ClH/c1-11-10(12-2)17-5-7-13-6-3-4-16-8(6)9(15)14-7;/h3-4H,5H2,1-2H3,(H,11,12)(H,13,14,15);1H/p-1. The van der Waals surface area contributed by atoms with Crippen LogP contribution in [0.1, 0.15) is 5.82 Å². The van der Waals surface area contributed by atoms with E-state index in [0.717, 1.165) is 10.7 Å². The van der Waals surface area contributed by atoms with Crippen molar-refractivity contribution < 1.29 is 12.4 Å². The first-order valence-corrected chi connectivity index (χ1v) is 6.85. The van der Waals surface area contributed by atoms with Crippen molar-refractivity contribution in [1.29, 1.82) is 0 Å². The normalized spacial score (nSPS) is 11.3. The number of halogens is 1. The smallest absolute Gasteiger partial charge is 0.268 e. The van der Waals surface area contributed by atoms with Gasteiger partial charge in [0.05, 0.1) is 11.3 Å². The van der Waals surface area contributed by atoms with Crippen molar-refractivity contribution in [2.24, 2.45) is 4.99 Å². The van der Waals surface area contributed by atoms with Crippen LogP contribution >= 0.6 is 23.1 Å². The van der Waals surface area contributed by atoms with E-state index in [1.54, 1.807) is 7.05 Å². The SMILES string of the molecule is CN=C(NC)SCc1nc2ccsc2c(=O)[nH]1.[Cl-]. The maximum absolute atomic E-state index is 11.7. The first-order valence-electron chi connectivity index (χ1n) is 4.98. The average Bonchev–Trinajstić information content (AvgIpc) is 2.79. The Bertz CT molecular complexity index is 607. The molecule has 2 heterocycles. The first kappa shape index (κ1) is 15.0. The molecular weight excluding hydrogens is 292 g/mol. The fourth-order valence-corrected chi connectivity index (χ4v) is 2.78. The molecule has 0 saturated heterocycles. The van der Waals surface area contributed by atoms with Gasteiger partial charge in [0, 0.05) is 14.1 Å². The number of nitrogens with zero attached hydrogens (tertiary/aromatic N) is 2. The molecule has 0 amide bonds. The minimum absolute atomic E-state index is 0. The molecule has 98 valence electrons. The summed E-state index contributed by atoms with van der Waals surface area (Å²) in [6, 6.07) is 1.86. The van der Waals surface area contributed by atoms with Crippen molar-refractivity contribution in [2.75, 3.05) is 14.1 Å². The maximum atomic E-state index is 11.7. The lowest BCUT2D eigenvalue weighted by Crippen LogP contribution is -3.00. The summed E-state index contributed by atoms with van der Waals surface area (Å²) in [5.41, 5.74) is 0.689. The fraction of sp³-hybridized carbons (Fsp3) is 0.300. The zero-order chi connectivity index (χ0) is 12.3. The van der Waals surface area contributed by atoms with E-state index >= 15 is 0 Å². The molecule has 0 radical (unpaired) electrons. The third-order valence-corrected chi connectivity index (χ3v) is 4.11. The Morgan fingerprint density at radius 3 is 3.11 bits per heavy atom. The second-order valence-corrected chi connectivity index (χ2v) is 5.10. The highest BCUT2D eigenvalue weighted by molar-refractivity contribution is 8.13. The van der Waals surface area contributed by atoms with Gasteiger partial charge in [0.25, 0.3) is 5.56 Å². The number of thioether (sulfide) groups is 1. The van der Waals surface area contributed by atoms with Crippen LogP contribution in [0.25, 0.3) is 10.2 Å². The van der Waals surface area contributed by atoms with Crippen LogP contribution in [0.3, 0.4) is 0 Å². The molecule has 0 bridgehead atoms. The summed E-state index contributed by atoms with van der Waals surface area (Å²) in [7, 11) is 3.53. The van der Waals surface area contributed by atoms with Crippen LogP contribution in [0, 0.1) is 0 Å². The Hall–Kier alpha value is -1.05.